The summed E-state index contributed by atoms with van der Waals surface area (Å²) in [4.78, 5) is 9.47. The van der Waals surface area contributed by atoms with Crippen molar-refractivity contribution >= 4 is 15.9 Å². The summed E-state index contributed by atoms with van der Waals surface area (Å²) in [7, 11) is 0. The molecule has 0 amide bonds. The summed E-state index contributed by atoms with van der Waals surface area (Å²) in [6.45, 7) is 0. The maximum absolute atomic E-state index is 4.76. The van der Waals surface area contributed by atoms with Gasteiger partial charge < -0.3 is 0 Å². The van der Waals surface area contributed by atoms with Crippen molar-refractivity contribution in [1.82, 2.24) is 9.97 Å². The van der Waals surface area contributed by atoms with Gasteiger partial charge in [0.1, 0.15) is 0 Å². The van der Waals surface area contributed by atoms with Crippen LogP contribution in [0.3, 0.4) is 0 Å². The van der Waals surface area contributed by atoms with Crippen LogP contribution in [-0.4, -0.2) is 9.97 Å². The van der Waals surface area contributed by atoms with Crippen LogP contribution in [0.2, 0.25) is 0 Å². The smallest absolute Gasteiger partial charge is 0.0938 e. The Hall–Kier alpha value is -2.78. The van der Waals surface area contributed by atoms with E-state index in [9.17, 15) is 0 Å². The highest BCUT2D eigenvalue weighted by molar-refractivity contribution is 9.10. The molecule has 0 N–H and O–H groups in total. The molecule has 3 heteroatoms. The van der Waals surface area contributed by atoms with E-state index in [0.29, 0.717) is 0 Å². The highest BCUT2D eigenvalue weighted by Crippen LogP contribution is 2.61. The second-order valence-corrected chi connectivity index (χ2v) is 7.71. The largest absolute Gasteiger partial charge is 0.254 e. The molecule has 0 bridgehead atoms. The molecule has 1 spiro atoms. The lowest BCUT2D eigenvalue weighted by atomic mass is 9.71. The fraction of sp³-hybridized carbons (Fsp3) is 0.0435. The fourth-order valence-electron chi connectivity index (χ4n) is 4.77. The zero-order valence-corrected chi connectivity index (χ0v) is 15.4. The van der Waals surface area contributed by atoms with E-state index < -0.39 is 0 Å². The Morgan fingerprint density at radius 3 is 2.00 bits per heavy atom. The van der Waals surface area contributed by atoms with Crippen LogP contribution < -0.4 is 0 Å². The van der Waals surface area contributed by atoms with Crippen LogP contribution in [0, 0.1) is 0 Å². The molecule has 2 aliphatic carbocycles. The Morgan fingerprint density at radius 2 is 1.27 bits per heavy atom. The van der Waals surface area contributed by atoms with Gasteiger partial charge in [0.25, 0.3) is 0 Å². The van der Waals surface area contributed by atoms with Crippen molar-refractivity contribution in [2.24, 2.45) is 0 Å². The molecule has 26 heavy (non-hydrogen) atoms. The zero-order chi connectivity index (χ0) is 17.3. The van der Waals surface area contributed by atoms with Gasteiger partial charge in [-0.05, 0) is 55.9 Å². The summed E-state index contributed by atoms with van der Waals surface area (Å²) in [5.41, 5.74) is 9.27. The van der Waals surface area contributed by atoms with Crippen molar-refractivity contribution in [3.63, 3.8) is 0 Å². The van der Waals surface area contributed by atoms with Gasteiger partial charge >= 0.3 is 0 Å². The lowest BCUT2D eigenvalue weighted by Gasteiger charge is -2.29. The van der Waals surface area contributed by atoms with Crippen molar-refractivity contribution in [1.29, 1.82) is 0 Å². The molecule has 2 aromatic carbocycles. The first-order valence-corrected chi connectivity index (χ1v) is 9.42. The standard InChI is InChI=1S/C23H13BrN2/c24-14-12-20-22(26-13-14)21-19(10-5-11-25-21)23(20)17-8-3-1-6-15(17)16-7-2-4-9-18(16)23/h1-13H. The van der Waals surface area contributed by atoms with Gasteiger partial charge in [0.15, 0.2) is 0 Å². The minimum absolute atomic E-state index is 0.344. The maximum atomic E-state index is 4.76. The molecule has 2 nitrogen and oxygen atoms in total. The zero-order valence-electron chi connectivity index (χ0n) is 13.8. The Kier molecular flexibility index (Phi) is 2.71. The minimum Gasteiger partial charge on any atom is -0.254 e. The van der Waals surface area contributed by atoms with Gasteiger partial charge in [0.05, 0.1) is 16.8 Å². The summed E-state index contributed by atoms with van der Waals surface area (Å²) in [6, 6.07) is 23.9. The first-order chi connectivity index (χ1) is 12.8. The van der Waals surface area contributed by atoms with Gasteiger partial charge in [-0.2, -0.15) is 0 Å². The van der Waals surface area contributed by atoms with Crippen LogP contribution in [-0.2, 0) is 5.41 Å². The number of rotatable bonds is 0. The van der Waals surface area contributed by atoms with Gasteiger partial charge in [-0.3, -0.25) is 9.97 Å². The highest BCUT2D eigenvalue weighted by atomic mass is 79.9. The number of hydrogen-bond donors (Lipinski definition) is 0. The van der Waals surface area contributed by atoms with E-state index in [2.05, 4.69) is 76.6 Å². The SMILES string of the molecule is Brc1cnc2c(c1)C1(c3ccccc3-c3ccccc31)c1cccnc1-2. The highest BCUT2D eigenvalue weighted by Gasteiger charge is 2.52. The quantitative estimate of drug-likeness (QED) is 0.334. The Labute approximate surface area is 159 Å². The summed E-state index contributed by atoms with van der Waals surface area (Å²) in [5, 5.41) is 0. The molecule has 0 aliphatic heterocycles. The van der Waals surface area contributed by atoms with E-state index >= 15 is 0 Å². The van der Waals surface area contributed by atoms with Gasteiger partial charge in [-0.25, -0.2) is 0 Å². The Bertz CT molecular complexity index is 1150. The van der Waals surface area contributed by atoms with Crippen LogP contribution in [0.5, 0.6) is 0 Å². The van der Waals surface area contributed by atoms with E-state index in [1.807, 2.05) is 18.5 Å². The predicted molar refractivity (Wildman–Crippen MR) is 106 cm³/mol. The number of pyridine rings is 2. The van der Waals surface area contributed by atoms with Crippen LogP contribution in [0.1, 0.15) is 22.3 Å². The van der Waals surface area contributed by atoms with E-state index in [4.69, 9.17) is 9.97 Å². The number of halogens is 1. The van der Waals surface area contributed by atoms with E-state index in [1.165, 1.54) is 33.4 Å². The summed E-state index contributed by atoms with van der Waals surface area (Å²) in [6.07, 6.45) is 3.72. The molecule has 4 aromatic rings. The third-order valence-corrected chi connectivity index (χ3v) is 6.08. The van der Waals surface area contributed by atoms with E-state index in [-0.39, 0.29) is 5.41 Å². The first-order valence-electron chi connectivity index (χ1n) is 8.63. The monoisotopic (exact) mass is 396 g/mol. The number of benzene rings is 2. The van der Waals surface area contributed by atoms with Crippen molar-refractivity contribution in [3.05, 3.63) is 106 Å². The third kappa shape index (κ3) is 1.53. The number of hydrogen-bond acceptors (Lipinski definition) is 2. The molecule has 0 saturated heterocycles. The number of aromatic nitrogens is 2. The molecule has 0 atom stereocenters. The van der Waals surface area contributed by atoms with Crippen LogP contribution in [0.25, 0.3) is 22.5 Å². The summed E-state index contributed by atoms with van der Waals surface area (Å²) < 4.78 is 0.991. The molecule has 2 aromatic heterocycles. The minimum atomic E-state index is -0.344. The molecule has 122 valence electrons. The van der Waals surface area contributed by atoms with Gasteiger partial charge in [0.2, 0.25) is 0 Å². The Morgan fingerprint density at radius 1 is 0.654 bits per heavy atom. The average molecular weight is 397 g/mol. The predicted octanol–water partition coefficient (Wildman–Crippen LogP) is 5.58. The van der Waals surface area contributed by atoms with Crippen molar-refractivity contribution in [2.45, 2.75) is 5.41 Å². The maximum Gasteiger partial charge on any atom is 0.0938 e. The molecule has 2 aliphatic rings. The lowest BCUT2D eigenvalue weighted by Crippen LogP contribution is -2.26. The normalized spacial score (nSPS) is 14.7. The number of nitrogens with zero attached hydrogens (tertiary/aromatic N) is 2. The van der Waals surface area contributed by atoms with E-state index in [1.54, 1.807) is 0 Å². The molecular weight excluding hydrogens is 384 g/mol. The second-order valence-electron chi connectivity index (χ2n) is 6.79. The van der Waals surface area contributed by atoms with Gasteiger partial charge in [-0.15, -0.1) is 0 Å². The molecule has 0 unspecified atom stereocenters. The van der Waals surface area contributed by atoms with Crippen molar-refractivity contribution < 1.29 is 0 Å². The lowest BCUT2D eigenvalue weighted by molar-refractivity contribution is 0.788. The summed E-state index contributed by atoms with van der Waals surface area (Å²) in [5.74, 6) is 0. The van der Waals surface area contributed by atoms with Crippen LogP contribution in [0.15, 0.2) is 83.6 Å². The molecule has 0 saturated carbocycles. The molecule has 2 heterocycles. The molecule has 6 rings (SSSR count). The van der Waals surface area contributed by atoms with Crippen LogP contribution in [0.4, 0.5) is 0 Å². The number of fused-ring (bicyclic) bond motifs is 10. The van der Waals surface area contributed by atoms with Gasteiger partial charge in [-0.1, -0.05) is 54.6 Å². The molecule has 0 fully saturated rings. The van der Waals surface area contributed by atoms with Crippen LogP contribution >= 0.6 is 15.9 Å². The Balaban J connectivity index is 1.88. The fourth-order valence-corrected chi connectivity index (χ4v) is 5.10. The average Bonchev–Trinajstić information content (AvgIpc) is 3.15. The topological polar surface area (TPSA) is 25.8 Å². The van der Waals surface area contributed by atoms with Crippen molar-refractivity contribution in [2.75, 3.05) is 0 Å². The summed E-state index contributed by atoms with van der Waals surface area (Å²) >= 11 is 3.64. The van der Waals surface area contributed by atoms with Gasteiger partial charge in [0, 0.05) is 22.4 Å². The first kappa shape index (κ1) is 14.4. The van der Waals surface area contributed by atoms with E-state index in [0.717, 1.165) is 15.9 Å². The van der Waals surface area contributed by atoms with Crippen molar-refractivity contribution in [3.8, 4) is 22.5 Å². The third-order valence-electron chi connectivity index (χ3n) is 5.65. The molecule has 0 radical (unpaired) electrons. The second kappa shape index (κ2) is 4.89. The molecular formula is C23H13BrN2.